The van der Waals surface area contributed by atoms with Crippen molar-refractivity contribution in [2.24, 2.45) is 0 Å². The minimum Gasteiger partial charge on any atom is -0.469 e. The highest BCUT2D eigenvalue weighted by molar-refractivity contribution is 7.16. The number of carbonyl (C=O) groups is 2. The maximum Gasteiger partial charge on any atom is 0.341 e. The Morgan fingerprint density at radius 2 is 2.05 bits per heavy atom. The molecule has 0 unspecified atom stereocenters. The number of nitrogens with one attached hydrogen (secondary N) is 1. The number of carbonyl (C=O) groups excluding carboxylic acids is 2. The van der Waals surface area contributed by atoms with E-state index in [1.807, 2.05) is 13.8 Å². The summed E-state index contributed by atoms with van der Waals surface area (Å²) in [6, 6.07) is 1.65. The number of amides is 1. The molecule has 2 aromatic rings. The quantitative estimate of drug-likeness (QED) is 0.875. The maximum absolute atomic E-state index is 12.2. The summed E-state index contributed by atoms with van der Waals surface area (Å²) >= 11 is 1.36. The Kier molecular flexibility index (Phi) is 4.47. The van der Waals surface area contributed by atoms with Gasteiger partial charge in [-0.05, 0) is 39.3 Å². The van der Waals surface area contributed by atoms with Gasteiger partial charge >= 0.3 is 5.97 Å². The number of esters is 1. The molecule has 0 bridgehead atoms. The summed E-state index contributed by atoms with van der Waals surface area (Å²) in [5, 5.41) is 3.27. The fraction of sp³-hybridized carbons (Fsp3) is 0.333. The number of hydrogen-bond acceptors (Lipinski definition) is 5. The second kappa shape index (κ2) is 6.13. The van der Waals surface area contributed by atoms with Crippen LogP contribution in [-0.4, -0.2) is 18.5 Å². The van der Waals surface area contributed by atoms with Gasteiger partial charge in [0.25, 0.3) is 5.91 Å². The van der Waals surface area contributed by atoms with Crippen LogP contribution in [0.4, 0.5) is 5.00 Å². The van der Waals surface area contributed by atoms with Gasteiger partial charge < -0.3 is 14.5 Å². The lowest BCUT2D eigenvalue weighted by Crippen LogP contribution is -2.14. The monoisotopic (exact) mass is 307 g/mol. The van der Waals surface area contributed by atoms with Gasteiger partial charge in [0.2, 0.25) is 0 Å². The van der Waals surface area contributed by atoms with Crippen LogP contribution in [0.1, 0.15) is 43.8 Å². The molecular formula is C15H17NO4S. The highest BCUT2D eigenvalue weighted by Crippen LogP contribution is 2.33. The molecule has 1 N–H and O–H groups in total. The first-order chi connectivity index (χ1) is 9.93. The average Bonchev–Trinajstić information content (AvgIpc) is 2.95. The second-order valence-corrected chi connectivity index (χ2v) is 5.83. The van der Waals surface area contributed by atoms with Crippen LogP contribution in [0.25, 0.3) is 0 Å². The Morgan fingerprint density at radius 3 is 2.62 bits per heavy atom. The molecule has 2 rings (SSSR count). The average molecular weight is 307 g/mol. The normalized spacial score (nSPS) is 10.5. The molecule has 0 aromatic carbocycles. The minimum absolute atomic E-state index is 0.293. The molecule has 0 atom stereocenters. The number of anilines is 1. The third-order valence-corrected chi connectivity index (χ3v) is 4.21. The van der Waals surface area contributed by atoms with Gasteiger partial charge in [-0.3, -0.25) is 4.79 Å². The molecule has 1 amide bonds. The molecule has 0 saturated heterocycles. The number of rotatable bonds is 4. The van der Waals surface area contributed by atoms with Crippen LogP contribution in [0.15, 0.2) is 16.7 Å². The van der Waals surface area contributed by atoms with Gasteiger partial charge in [0, 0.05) is 4.88 Å². The molecule has 6 heteroatoms. The number of hydrogen-bond donors (Lipinski definition) is 1. The molecule has 21 heavy (non-hydrogen) atoms. The minimum atomic E-state index is -0.418. The lowest BCUT2D eigenvalue weighted by molar-refractivity contribution is 0.0527. The van der Waals surface area contributed by atoms with Crippen LogP contribution in [0, 0.1) is 20.8 Å². The molecule has 0 saturated carbocycles. The summed E-state index contributed by atoms with van der Waals surface area (Å²) in [5.74, 6) is -0.0685. The molecule has 112 valence electrons. The van der Waals surface area contributed by atoms with Crippen molar-refractivity contribution in [2.75, 3.05) is 11.9 Å². The van der Waals surface area contributed by atoms with E-state index in [9.17, 15) is 9.59 Å². The van der Waals surface area contributed by atoms with Crippen LogP contribution in [0.5, 0.6) is 0 Å². The van der Waals surface area contributed by atoms with E-state index < -0.39 is 5.97 Å². The van der Waals surface area contributed by atoms with E-state index in [1.165, 1.54) is 17.6 Å². The Balaban J connectivity index is 2.29. The summed E-state index contributed by atoms with van der Waals surface area (Å²) in [7, 11) is 0. The van der Waals surface area contributed by atoms with Gasteiger partial charge in [0.15, 0.2) is 0 Å². The fourth-order valence-corrected chi connectivity index (χ4v) is 2.95. The highest BCUT2D eigenvalue weighted by Gasteiger charge is 2.22. The molecule has 0 aliphatic heterocycles. The van der Waals surface area contributed by atoms with Crippen LogP contribution in [0.3, 0.4) is 0 Å². The fourth-order valence-electron chi connectivity index (χ4n) is 1.90. The second-order valence-electron chi connectivity index (χ2n) is 4.61. The van der Waals surface area contributed by atoms with Crippen molar-refractivity contribution < 1.29 is 18.7 Å². The van der Waals surface area contributed by atoms with E-state index in [1.54, 1.807) is 19.9 Å². The summed E-state index contributed by atoms with van der Waals surface area (Å²) in [6.07, 6.45) is 1.39. The molecule has 0 radical (unpaired) electrons. The molecule has 0 spiro atoms. The van der Waals surface area contributed by atoms with Gasteiger partial charge in [-0.25, -0.2) is 4.79 Å². The molecule has 2 heterocycles. The summed E-state index contributed by atoms with van der Waals surface area (Å²) < 4.78 is 10.2. The predicted octanol–water partition coefficient (Wildman–Crippen LogP) is 3.70. The third-order valence-electron chi connectivity index (χ3n) is 3.08. The van der Waals surface area contributed by atoms with E-state index in [2.05, 4.69) is 5.32 Å². The van der Waals surface area contributed by atoms with E-state index in [-0.39, 0.29) is 5.91 Å². The van der Waals surface area contributed by atoms with Crippen LogP contribution in [0.2, 0.25) is 0 Å². The topological polar surface area (TPSA) is 68.5 Å². The summed E-state index contributed by atoms with van der Waals surface area (Å²) in [4.78, 5) is 25.2. The Morgan fingerprint density at radius 1 is 1.33 bits per heavy atom. The van der Waals surface area contributed by atoms with Crippen LogP contribution >= 0.6 is 11.3 Å². The maximum atomic E-state index is 12.2. The Hall–Kier alpha value is -2.08. The Labute approximate surface area is 126 Å². The van der Waals surface area contributed by atoms with Crippen molar-refractivity contribution in [2.45, 2.75) is 27.7 Å². The van der Waals surface area contributed by atoms with Gasteiger partial charge in [0.05, 0.1) is 17.7 Å². The largest absolute Gasteiger partial charge is 0.469 e. The molecule has 0 aliphatic rings. The lowest BCUT2D eigenvalue weighted by Gasteiger charge is -2.06. The molecule has 0 fully saturated rings. The first kappa shape index (κ1) is 15.3. The summed E-state index contributed by atoms with van der Waals surface area (Å²) in [5.41, 5.74) is 1.68. The van der Waals surface area contributed by atoms with Crippen molar-refractivity contribution in [1.29, 1.82) is 0 Å². The van der Waals surface area contributed by atoms with Crippen LogP contribution < -0.4 is 5.32 Å². The third kappa shape index (κ3) is 3.16. The first-order valence-electron chi connectivity index (χ1n) is 6.57. The van der Waals surface area contributed by atoms with Crippen molar-refractivity contribution in [1.82, 2.24) is 0 Å². The number of ether oxygens (including phenoxy) is 1. The number of thiophene rings is 1. The first-order valence-corrected chi connectivity index (χ1v) is 7.39. The molecular weight excluding hydrogens is 290 g/mol. The molecule has 5 nitrogen and oxygen atoms in total. The molecule has 2 aromatic heterocycles. The van der Waals surface area contributed by atoms with Gasteiger partial charge in [-0.1, -0.05) is 0 Å². The van der Waals surface area contributed by atoms with E-state index in [0.29, 0.717) is 28.5 Å². The van der Waals surface area contributed by atoms with Crippen molar-refractivity contribution in [3.8, 4) is 0 Å². The standard InChI is InChI=1S/C15H17NO4S/c1-5-19-15(18)12-9(3)10(4)21-14(12)16-13(17)11-6-8(2)20-7-11/h6-7H,5H2,1-4H3,(H,16,17). The van der Waals surface area contributed by atoms with Gasteiger partial charge in [0.1, 0.15) is 17.0 Å². The summed E-state index contributed by atoms with van der Waals surface area (Å²) in [6.45, 7) is 7.55. The van der Waals surface area contributed by atoms with E-state index in [4.69, 9.17) is 9.15 Å². The number of aryl methyl sites for hydroxylation is 2. The van der Waals surface area contributed by atoms with Crippen molar-refractivity contribution in [3.63, 3.8) is 0 Å². The van der Waals surface area contributed by atoms with Gasteiger partial charge in [-0.15, -0.1) is 11.3 Å². The zero-order valence-corrected chi connectivity index (χ0v) is 13.2. The highest BCUT2D eigenvalue weighted by atomic mass is 32.1. The van der Waals surface area contributed by atoms with E-state index in [0.717, 1.165) is 10.4 Å². The Bertz CT molecular complexity index is 684. The van der Waals surface area contributed by atoms with Gasteiger partial charge in [-0.2, -0.15) is 0 Å². The zero-order valence-electron chi connectivity index (χ0n) is 12.4. The SMILES string of the molecule is CCOC(=O)c1c(NC(=O)c2coc(C)c2)sc(C)c1C. The van der Waals surface area contributed by atoms with Crippen molar-refractivity contribution in [3.05, 3.63) is 39.7 Å². The van der Waals surface area contributed by atoms with E-state index >= 15 is 0 Å². The predicted molar refractivity (Wildman–Crippen MR) is 81.1 cm³/mol. The smallest absolute Gasteiger partial charge is 0.341 e. The molecule has 0 aliphatic carbocycles. The zero-order chi connectivity index (χ0) is 15.6. The van der Waals surface area contributed by atoms with Crippen LogP contribution in [-0.2, 0) is 4.74 Å². The van der Waals surface area contributed by atoms with Crippen molar-refractivity contribution >= 4 is 28.2 Å². The number of furan rings is 1. The lowest BCUT2D eigenvalue weighted by atomic mass is 10.1.